The highest BCUT2D eigenvalue weighted by atomic mass is 35.5. The molecular formula is C18H21ClFN7O2. The average Bonchev–Trinajstić information content (AvgIpc) is 3.33. The van der Waals surface area contributed by atoms with Crippen molar-refractivity contribution >= 4 is 35.7 Å². The van der Waals surface area contributed by atoms with E-state index in [4.69, 9.17) is 5.73 Å². The van der Waals surface area contributed by atoms with Gasteiger partial charge in [-0.05, 0) is 25.0 Å². The van der Waals surface area contributed by atoms with Gasteiger partial charge in [-0.2, -0.15) is 5.10 Å². The van der Waals surface area contributed by atoms with E-state index in [0.29, 0.717) is 24.7 Å². The van der Waals surface area contributed by atoms with E-state index < -0.39 is 11.8 Å². The van der Waals surface area contributed by atoms with Crippen LogP contribution < -0.4 is 16.0 Å². The Morgan fingerprint density at radius 3 is 3.00 bits per heavy atom. The molecule has 154 valence electrons. The Balaban J connectivity index is 0.00000240. The molecule has 0 radical (unpaired) electrons. The first-order chi connectivity index (χ1) is 13.6. The number of nitrogens with two attached hydrogens (primary N) is 1. The topological polar surface area (TPSA) is 122 Å². The number of aromatic carboxylic acids is 1. The second-order valence-corrected chi connectivity index (χ2v) is 6.58. The highest BCUT2D eigenvalue weighted by Crippen LogP contribution is 2.38. The lowest BCUT2D eigenvalue weighted by Crippen LogP contribution is -2.25. The van der Waals surface area contributed by atoms with Gasteiger partial charge < -0.3 is 21.1 Å². The second kappa shape index (κ2) is 8.58. The summed E-state index contributed by atoms with van der Waals surface area (Å²) in [7, 11) is 0. The number of rotatable bonds is 6. The van der Waals surface area contributed by atoms with E-state index in [1.54, 1.807) is 12.3 Å². The van der Waals surface area contributed by atoms with Gasteiger partial charge >= 0.3 is 5.97 Å². The zero-order valence-corrected chi connectivity index (χ0v) is 16.3. The molecule has 1 aliphatic heterocycles. The summed E-state index contributed by atoms with van der Waals surface area (Å²) >= 11 is 0. The number of fused-ring (bicyclic) bond motifs is 1. The van der Waals surface area contributed by atoms with E-state index in [1.165, 1.54) is 23.0 Å². The predicted octanol–water partition coefficient (Wildman–Crippen LogP) is 2.10. The first kappa shape index (κ1) is 20.7. The summed E-state index contributed by atoms with van der Waals surface area (Å²) in [5, 5.41) is 16.5. The van der Waals surface area contributed by atoms with Crippen LogP contribution in [0.5, 0.6) is 0 Å². The zero-order valence-electron chi connectivity index (χ0n) is 15.5. The summed E-state index contributed by atoms with van der Waals surface area (Å²) in [4.78, 5) is 22.2. The third kappa shape index (κ3) is 3.94. The zero-order chi connectivity index (χ0) is 19.7. The maximum absolute atomic E-state index is 13.9. The molecule has 0 bridgehead atoms. The van der Waals surface area contributed by atoms with E-state index in [9.17, 15) is 14.3 Å². The lowest BCUT2D eigenvalue weighted by atomic mass is 10.0. The molecule has 29 heavy (non-hydrogen) atoms. The molecule has 1 atom stereocenters. The Morgan fingerprint density at radius 1 is 1.41 bits per heavy atom. The number of carboxylic acid groups (broad SMARTS) is 1. The molecule has 3 aromatic rings. The van der Waals surface area contributed by atoms with Crippen LogP contribution in [0.15, 0.2) is 30.7 Å². The Kier molecular flexibility index (Phi) is 6.14. The fourth-order valence-corrected chi connectivity index (χ4v) is 3.58. The monoisotopic (exact) mass is 421 g/mol. The van der Waals surface area contributed by atoms with Gasteiger partial charge in [-0.3, -0.25) is 0 Å². The van der Waals surface area contributed by atoms with Gasteiger partial charge in [0, 0.05) is 31.4 Å². The standard InChI is InChI=1S/C18H20FN7O2.ClH/c19-11-8-12(16(22-9-11)21-5-4-20)14-2-1-6-25(14)15-3-7-26-17(24-15)13(10-23-26)18(27)28;/h3,7-10,14H,1-2,4-6,20H2,(H,21,22)(H,27,28);1H. The van der Waals surface area contributed by atoms with Gasteiger partial charge in [-0.1, -0.05) is 0 Å². The number of carbonyl (C=O) groups is 1. The molecule has 1 unspecified atom stereocenters. The number of hydrogen-bond acceptors (Lipinski definition) is 7. The number of nitrogens with zero attached hydrogens (tertiary/aromatic N) is 5. The predicted molar refractivity (Wildman–Crippen MR) is 108 cm³/mol. The number of hydrogen-bond donors (Lipinski definition) is 3. The van der Waals surface area contributed by atoms with Crippen molar-refractivity contribution in [1.29, 1.82) is 0 Å². The minimum absolute atomic E-state index is 0. The van der Waals surface area contributed by atoms with Crippen molar-refractivity contribution < 1.29 is 14.3 Å². The molecule has 4 rings (SSSR count). The molecule has 0 spiro atoms. The second-order valence-electron chi connectivity index (χ2n) is 6.58. The molecule has 9 nitrogen and oxygen atoms in total. The van der Waals surface area contributed by atoms with Crippen LogP contribution >= 0.6 is 12.4 Å². The van der Waals surface area contributed by atoms with Crippen molar-refractivity contribution in [3.05, 3.63) is 47.7 Å². The molecule has 1 aliphatic rings. The smallest absolute Gasteiger partial charge is 0.341 e. The number of aromatic nitrogens is 4. The molecule has 0 aromatic carbocycles. The summed E-state index contributed by atoms with van der Waals surface area (Å²) < 4.78 is 15.4. The quantitative estimate of drug-likeness (QED) is 0.553. The SMILES string of the molecule is Cl.NCCNc1ncc(F)cc1C1CCCN1c1ccn2ncc(C(=O)O)c2n1. The molecule has 4 N–H and O–H groups in total. The van der Waals surface area contributed by atoms with E-state index in [2.05, 4.69) is 20.4 Å². The maximum atomic E-state index is 13.9. The van der Waals surface area contributed by atoms with Crippen molar-refractivity contribution in [2.75, 3.05) is 29.9 Å². The minimum atomic E-state index is -1.08. The van der Waals surface area contributed by atoms with Crippen molar-refractivity contribution in [2.45, 2.75) is 18.9 Å². The van der Waals surface area contributed by atoms with Crippen LogP contribution in [0.4, 0.5) is 16.0 Å². The van der Waals surface area contributed by atoms with Gasteiger partial charge in [0.2, 0.25) is 0 Å². The fraction of sp³-hybridized carbons (Fsp3) is 0.333. The third-order valence-corrected chi connectivity index (χ3v) is 4.81. The average molecular weight is 422 g/mol. The van der Waals surface area contributed by atoms with Gasteiger partial charge in [0.25, 0.3) is 0 Å². The minimum Gasteiger partial charge on any atom is -0.477 e. The normalized spacial score (nSPS) is 16.1. The highest BCUT2D eigenvalue weighted by Gasteiger charge is 2.30. The summed E-state index contributed by atoms with van der Waals surface area (Å²) in [5.74, 6) is -0.278. The highest BCUT2D eigenvalue weighted by molar-refractivity contribution is 5.94. The lowest BCUT2D eigenvalue weighted by molar-refractivity contribution is 0.0698. The number of halogens is 2. The van der Waals surface area contributed by atoms with Gasteiger partial charge in [0.05, 0.1) is 18.4 Å². The van der Waals surface area contributed by atoms with E-state index in [-0.39, 0.29) is 29.7 Å². The number of nitrogens with one attached hydrogen (secondary N) is 1. The first-order valence-corrected chi connectivity index (χ1v) is 9.02. The van der Waals surface area contributed by atoms with Gasteiger partial charge in [-0.25, -0.2) is 23.7 Å². The summed E-state index contributed by atoms with van der Waals surface area (Å²) in [5.41, 5.74) is 6.61. The van der Waals surface area contributed by atoms with Crippen LogP contribution in [-0.2, 0) is 0 Å². The summed E-state index contributed by atoms with van der Waals surface area (Å²) in [6.07, 6.45) is 5.84. The van der Waals surface area contributed by atoms with Crippen LogP contribution in [-0.4, -0.2) is 50.3 Å². The summed E-state index contributed by atoms with van der Waals surface area (Å²) in [6.45, 7) is 1.68. The van der Waals surface area contributed by atoms with Crippen molar-refractivity contribution in [1.82, 2.24) is 19.6 Å². The number of carboxylic acids is 1. The van der Waals surface area contributed by atoms with Crippen LogP contribution in [0.25, 0.3) is 5.65 Å². The van der Waals surface area contributed by atoms with E-state index in [0.717, 1.165) is 24.9 Å². The number of pyridine rings is 1. The van der Waals surface area contributed by atoms with Crippen molar-refractivity contribution in [2.24, 2.45) is 5.73 Å². The first-order valence-electron chi connectivity index (χ1n) is 9.02. The maximum Gasteiger partial charge on any atom is 0.341 e. The molecule has 11 heteroatoms. The number of anilines is 2. The largest absolute Gasteiger partial charge is 0.477 e. The van der Waals surface area contributed by atoms with Gasteiger partial charge in [0.1, 0.15) is 23.0 Å². The lowest BCUT2D eigenvalue weighted by Gasteiger charge is -2.27. The fourth-order valence-electron chi connectivity index (χ4n) is 3.58. The van der Waals surface area contributed by atoms with Gasteiger partial charge in [0.15, 0.2) is 5.65 Å². The van der Waals surface area contributed by atoms with Crippen molar-refractivity contribution in [3.63, 3.8) is 0 Å². The van der Waals surface area contributed by atoms with Crippen LogP contribution in [0, 0.1) is 5.82 Å². The third-order valence-electron chi connectivity index (χ3n) is 4.81. The van der Waals surface area contributed by atoms with Crippen LogP contribution in [0.2, 0.25) is 0 Å². The van der Waals surface area contributed by atoms with E-state index >= 15 is 0 Å². The Hall–Kier alpha value is -2.98. The molecule has 0 amide bonds. The molecule has 3 aromatic heterocycles. The molecule has 4 heterocycles. The molecule has 1 saturated heterocycles. The molecule has 0 aliphatic carbocycles. The molecular weight excluding hydrogens is 401 g/mol. The molecule has 0 saturated carbocycles. The van der Waals surface area contributed by atoms with Crippen molar-refractivity contribution in [3.8, 4) is 0 Å². The Labute approximate surface area is 172 Å². The van der Waals surface area contributed by atoms with Crippen LogP contribution in [0.3, 0.4) is 0 Å². The Bertz CT molecular complexity index is 1030. The van der Waals surface area contributed by atoms with Crippen LogP contribution in [0.1, 0.15) is 34.8 Å². The molecule has 1 fully saturated rings. The summed E-state index contributed by atoms with van der Waals surface area (Å²) in [6, 6.07) is 3.13. The van der Waals surface area contributed by atoms with Gasteiger partial charge in [-0.15, -0.1) is 12.4 Å². The van der Waals surface area contributed by atoms with E-state index in [1.807, 2.05) is 4.90 Å². The Morgan fingerprint density at radius 2 is 2.24 bits per heavy atom.